The second-order valence-corrected chi connectivity index (χ2v) is 6.83. The average molecular weight is 389 g/mol. The van der Waals surface area contributed by atoms with Crippen LogP contribution < -0.4 is 4.74 Å². The number of carbonyl (C=O) groups is 1. The number of aliphatic hydroxyl groups excluding tert-OH is 1. The van der Waals surface area contributed by atoms with E-state index in [2.05, 4.69) is 0 Å². The van der Waals surface area contributed by atoms with Crippen LogP contribution in [-0.4, -0.2) is 23.0 Å². The summed E-state index contributed by atoms with van der Waals surface area (Å²) in [4.78, 5) is 14.6. The third kappa shape index (κ3) is 3.47. The van der Waals surface area contributed by atoms with Gasteiger partial charge < -0.3 is 14.7 Å². The highest BCUT2D eigenvalue weighted by Gasteiger charge is 2.42. The van der Waals surface area contributed by atoms with Gasteiger partial charge in [-0.1, -0.05) is 60.7 Å². The van der Waals surface area contributed by atoms with E-state index in [1.807, 2.05) is 54.6 Å². The molecule has 1 aliphatic rings. The molecule has 146 valence electrons. The molecule has 0 spiro atoms. The normalized spacial score (nSPS) is 16.4. The summed E-state index contributed by atoms with van der Waals surface area (Å²) in [5.74, 6) is -0.468. The van der Waals surface area contributed by atoms with Gasteiger partial charge in [0, 0.05) is 17.7 Å². The van der Waals surface area contributed by atoms with Gasteiger partial charge in [-0.05, 0) is 29.3 Å². The van der Waals surface area contributed by atoms with Crippen molar-refractivity contribution in [1.82, 2.24) is 4.90 Å². The van der Waals surface area contributed by atoms with Gasteiger partial charge in [0.15, 0.2) is 5.76 Å². The lowest BCUT2D eigenvalue weighted by molar-refractivity contribution is -0.130. The number of hydrogen-bond acceptors (Lipinski definition) is 3. The van der Waals surface area contributed by atoms with Crippen LogP contribution in [0.4, 0.5) is 4.39 Å². The first kappa shape index (κ1) is 18.7. The maximum Gasteiger partial charge on any atom is 0.290 e. The fourth-order valence-corrected chi connectivity index (χ4v) is 3.73. The van der Waals surface area contributed by atoms with Crippen molar-refractivity contribution in [1.29, 1.82) is 0 Å². The summed E-state index contributed by atoms with van der Waals surface area (Å²) in [6.45, 7) is 0.224. The second kappa shape index (κ2) is 7.80. The van der Waals surface area contributed by atoms with E-state index in [0.717, 1.165) is 16.7 Å². The molecule has 29 heavy (non-hydrogen) atoms. The van der Waals surface area contributed by atoms with Crippen molar-refractivity contribution in [2.45, 2.75) is 12.6 Å². The van der Waals surface area contributed by atoms with Gasteiger partial charge in [0.1, 0.15) is 11.6 Å². The number of amides is 1. The molecule has 1 amide bonds. The number of aliphatic hydroxyl groups is 1. The summed E-state index contributed by atoms with van der Waals surface area (Å²) in [5.41, 5.74) is 2.83. The van der Waals surface area contributed by atoms with Gasteiger partial charge in [-0.3, -0.25) is 4.79 Å². The second-order valence-electron chi connectivity index (χ2n) is 6.83. The highest BCUT2D eigenvalue weighted by atomic mass is 19.1. The van der Waals surface area contributed by atoms with E-state index in [9.17, 15) is 14.3 Å². The SMILES string of the molecule is COc1ccccc1C1C(c2ccccc2)=C(O)C(=O)N1Cc1ccc(F)cc1. The van der Waals surface area contributed by atoms with Crippen LogP contribution in [0.25, 0.3) is 5.57 Å². The van der Waals surface area contributed by atoms with E-state index in [1.165, 1.54) is 12.1 Å². The first-order valence-electron chi connectivity index (χ1n) is 9.27. The fraction of sp³-hybridized carbons (Fsp3) is 0.125. The van der Waals surface area contributed by atoms with Gasteiger partial charge in [-0.15, -0.1) is 0 Å². The molecule has 1 aliphatic heterocycles. The molecule has 0 fully saturated rings. The van der Waals surface area contributed by atoms with Crippen LogP contribution in [0.3, 0.4) is 0 Å². The largest absolute Gasteiger partial charge is 0.503 e. The molecular formula is C24H20FNO3. The van der Waals surface area contributed by atoms with E-state index in [4.69, 9.17) is 4.74 Å². The number of ether oxygens (including phenoxy) is 1. The van der Waals surface area contributed by atoms with Crippen LogP contribution in [0.15, 0.2) is 84.6 Å². The number of halogens is 1. The van der Waals surface area contributed by atoms with Gasteiger partial charge in [0.2, 0.25) is 0 Å². The Morgan fingerprint density at radius 1 is 0.966 bits per heavy atom. The predicted molar refractivity (Wildman–Crippen MR) is 109 cm³/mol. The molecule has 3 aromatic rings. The van der Waals surface area contributed by atoms with E-state index in [-0.39, 0.29) is 18.1 Å². The number of rotatable bonds is 5. The Labute approximate surface area is 168 Å². The molecule has 3 aromatic carbocycles. The van der Waals surface area contributed by atoms with Gasteiger partial charge in [-0.25, -0.2) is 4.39 Å². The Morgan fingerprint density at radius 3 is 2.31 bits per heavy atom. The van der Waals surface area contributed by atoms with Gasteiger partial charge in [0.25, 0.3) is 5.91 Å². The summed E-state index contributed by atoms with van der Waals surface area (Å²) >= 11 is 0. The monoisotopic (exact) mass is 389 g/mol. The Morgan fingerprint density at radius 2 is 1.62 bits per heavy atom. The summed E-state index contributed by atoms with van der Waals surface area (Å²) in [6, 6.07) is 22.2. The molecule has 1 unspecified atom stereocenters. The van der Waals surface area contributed by atoms with Crippen molar-refractivity contribution >= 4 is 11.5 Å². The minimum absolute atomic E-state index is 0.224. The Balaban J connectivity index is 1.84. The Kier molecular flexibility index (Phi) is 5.04. The van der Waals surface area contributed by atoms with Crippen molar-refractivity contribution < 1.29 is 19.0 Å². The molecule has 0 radical (unpaired) electrons. The first-order valence-corrected chi connectivity index (χ1v) is 9.27. The van der Waals surface area contributed by atoms with Crippen LogP contribution in [0.2, 0.25) is 0 Å². The van der Waals surface area contributed by atoms with Crippen LogP contribution in [0.5, 0.6) is 5.75 Å². The Hall–Kier alpha value is -3.60. The molecule has 0 aromatic heterocycles. The summed E-state index contributed by atoms with van der Waals surface area (Å²) in [5, 5.41) is 10.8. The molecule has 0 bridgehead atoms. The van der Waals surface area contributed by atoms with E-state index in [0.29, 0.717) is 11.3 Å². The number of nitrogens with zero attached hydrogens (tertiary/aromatic N) is 1. The molecule has 1 N–H and O–H groups in total. The highest BCUT2D eigenvalue weighted by molar-refractivity contribution is 6.05. The van der Waals surface area contributed by atoms with E-state index >= 15 is 0 Å². The molecule has 0 saturated carbocycles. The minimum atomic E-state index is -0.536. The van der Waals surface area contributed by atoms with E-state index in [1.54, 1.807) is 24.1 Å². The lowest BCUT2D eigenvalue weighted by Crippen LogP contribution is -2.30. The first-order chi connectivity index (χ1) is 14.1. The van der Waals surface area contributed by atoms with Crippen molar-refractivity contribution in [2.24, 2.45) is 0 Å². The molecule has 5 heteroatoms. The fourth-order valence-electron chi connectivity index (χ4n) is 3.73. The minimum Gasteiger partial charge on any atom is -0.503 e. The van der Waals surface area contributed by atoms with Crippen LogP contribution in [0, 0.1) is 5.82 Å². The quantitative estimate of drug-likeness (QED) is 0.676. The number of hydrogen-bond donors (Lipinski definition) is 1. The van der Waals surface area contributed by atoms with Crippen LogP contribution in [0.1, 0.15) is 22.7 Å². The number of para-hydroxylation sites is 1. The third-order valence-corrected chi connectivity index (χ3v) is 5.09. The topological polar surface area (TPSA) is 49.8 Å². The number of carbonyl (C=O) groups excluding carboxylic acids is 1. The molecule has 1 heterocycles. The van der Waals surface area contributed by atoms with Gasteiger partial charge in [0.05, 0.1) is 13.2 Å². The Bertz CT molecular complexity index is 1060. The number of benzene rings is 3. The van der Waals surface area contributed by atoms with Gasteiger partial charge >= 0.3 is 0 Å². The van der Waals surface area contributed by atoms with E-state index < -0.39 is 11.9 Å². The van der Waals surface area contributed by atoms with Crippen LogP contribution in [-0.2, 0) is 11.3 Å². The molecule has 4 nitrogen and oxygen atoms in total. The zero-order chi connectivity index (χ0) is 20.4. The molecule has 1 atom stereocenters. The lowest BCUT2D eigenvalue weighted by Gasteiger charge is -2.28. The van der Waals surface area contributed by atoms with Crippen molar-refractivity contribution in [3.8, 4) is 5.75 Å². The summed E-state index contributed by atoms with van der Waals surface area (Å²) in [7, 11) is 1.58. The van der Waals surface area contributed by atoms with Crippen molar-refractivity contribution in [2.75, 3.05) is 7.11 Å². The standard InChI is InChI=1S/C24H20FNO3/c1-29-20-10-6-5-9-19(20)22-21(17-7-3-2-4-8-17)23(27)24(28)26(22)15-16-11-13-18(25)14-12-16/h2-14,22,27H,15H2,1H3. The molecule has 0 aliphatic carbocycles. The smallest absolute Gasteiger partial charge is 0.290 e. The number of methoxy groups -OCH3 is 1. The lowest BCUT2D eigenvalue weighted by atomic mass is 9.92. The third-order valence-electron chi connectivity index (χ3n) is 5.09. The van der Waals surface area contributed by atoms with Crippen molar-refractivity contribution in [3.05, 3.63) is 107 Å². The summed E-state index contributed by atoms with van der Waals surface area (Å²) in [6.07, 6.45) is 0. The van der Waals surface area contributed by atoms with Gasteiger partial charge in [-0.2, -0.15) is 0 Å². The zero-order valence-electron chi connectivity index (χ0n) is 15.9. The maximum atomic E-state index is 13.3. The maximum absolute atomic E-state index is 13.3. The van der Waals surface area contributed by atoms with Crippen molar-refractivity contribution in [3.63, 3.8) is 0 Å². The molecular weight excluding hydrogens is 369 g/mol. The zero-order valence-corrected chi connectivity index (χ0v) is 15.9. The van der Waals surface area contributed by atoms with Crippen LogP contribution >= 0.6 is 0 Å². The highest BCUT2D eigenvalue weighted by Crippen LogP contribution is 2.46. The predicted octanol–water partition coefficient (Wildman–Crippen LogP) is 4.89. The molecule has 0 saturated heterocycles. The average Bonchev–Trinajstić information content (AvgIpc) is 3.00. The summed E-state index contributed by atoms with van der Waals surface area (Å²) < 4.78 is 18.9. The molecule has 4 rings (SSSR count).